The molecule has 1 heterocycles. The van der Waals surface area contributed by atoms with Crippen LogP contribution < -0.4 is 0 Å². The molecule has 0 aromatic carbocycles. The second-order valence-corrected chi connectivity index (χ2v) is 5.05. The fraction of sp³-hybridized carbons (Fsp3) is 0.692. The summed E-state index contributed by atoms with van der Waals surface area (Å²) in [4.78, 5) is 4.67. The number of hydrogen-bond donors (Lipinski definition) is 0. The molecule has 0 aliphatic heterocycles. The molecule has 17 heavy (non-hydrogen) atoms. The molecular weight excluding hydrogens is 278 g/mol. The zero-order valence-corrected chi connectivity index (χ0v) is 12.4. The Morgan fingerprint density at radius 1 is 1.35 bits per heavy atom. The van der Waals surface area contributed by atoms with Gasteiger partial charge in [0, 0.05) is 6.42 Å². The molecular formula is C13H20BrN3. The van der Waals surface area contributed by atoms with Crippen molar-refractivity contribution in [2.24, 2.45) is 0 Å². The van der Waals surface area contributed by atoms with E-state index < -0.39 is 0 Å². The Morgan fingerprint density at radius 3 is 2.59 bits per heavy atom. The summed E-state index contributed by atoms with van der Waals surface area (Å²) in [5.74, 6) is 1.03. The average molecular weight is 298 g/mol. The maximum Gasteiger partial charge on any atom is 0.120 e. The molecule has 0 saturated carbocycles. The summed E-state index contributed by atoms with van der Waals surface area (Å²) in [5, 5.41) is 9.07. The molecule has 0 N–H and O–H groups in total. The zero-order chi connectivity index (χ0) is 12.8. The van der Waals surface area contributed by atoms with Crippen LogP contribution in [0.25, 0.3) is 0 Å². The van der Waals surface area contributed by atoms with Crippen LogP contribution in [0.4, 0.5) is 0 Å². The number of nitriles is 1. The van der Waals surface area contributed by atoms with Gasteiger partial charge in [0.15, 0.2) is 0 Å². The number of nitrogens with zero attached hydrogens (tertiary/aromatic N) is 3. The number of aromatic nitrogens is 2. The molecule has 0 aliphatic rings. The zero-order valence-electron chi connectivity index (χ0n) is 10.8. The maximum atomic E-state index is 9.07. The van der Waals surface area contributed by atoms with Crippen molar-refractivity contribution in [3.8, 4) is 6.07 Å². The summed E-state index contributed by atoms with van der Waals surface area (Å²) in [6.45, 7) is 6.22. The summed E-state index contributed by atoms with van der Waals surface area (Å²) in [6.07, 6.45) is 5.27. The molecule has 0 bridgehead atoms. The minimum Gasteiger partial charge on any atom is -0.306 e. The Hall–Kier alpha value is -0.820. The Kier molecular flexibility index (Phi) is 5.70. The van der Waals surface area contributed by atoms with E-state index in [9.17, 15) is 0 Å². The molecule has 1 unspecified atom stereocenters. The lowest BCUT2D eigenvalue weighted by molar-refractivity contribution is 0.611. The van der Waals surface area contributed by atoms with Gasteiger partial charge in [-0.15, -0.1) is 0 Å². The van der Waals surface area contributed by atoms with Crippen LogP contribution in [0.1, 0.15) is 57.6 Å². The van der Waals surface area contributed by atoms with Crippen LogP contribution in [0, 0.1) is 11.3 Å². The molecule has 0 saturated heterocycles. The maximum absolute atomic E-state index is 9.07. The third kappa shape index (κ3) is 3.32. The smallest absolute Gasteiger partial charge is 0.120 e. The van der Waals surface area contributed by atoms with Crippen LogP contribution in [0.2, 0.25) is 0 Å². The van der Waals surface area contributed by atoms with Crippen LogP contribution in [0.15, 0.2) is 4.60 Å². The number of imidazole rings is 1. The van der Waals surface area contributed by atoms with Crippen molar-refractivity contribution in [2.75, 3.05) is 0 Å². The van der Waals surface area contributed by atoms with Crippen LogP contribution in [0.3, 0.4) is 0 Å². The first kappa shape index (κ1) is 14.2. The number of hydrogen-bond acceptors (Lipinski definition) is 2. The van der Waals surface area contributed by atoms with Crippen molar-refractivity contribution in [1.29, 1.82) is 5.26 Å². The highest BCUT2D eigenvalue weighted by Gasteiger charge is 2.17. The Bertz CT molecular complexity index is 404. The van der Waals surface area contributed by atoms with Gasteiger partial charge in [-0.05, 0) is 42.1 Å². The standard InChI is InChI=1S/C13H20BrN3/c1-4-6-8-11-13(14)17(10(3)9-15)12(16-11)7-5-2/h10H,4-8H2,1-3H3. The van der Waals surface area contributed by atoms with Gasteiger partial charge in [-0.2, -0.15) is 5.26 Å². The number of rotatable bonds is 6. The number of halogens is 1. The second-order valence-electron chi connectivity index (χ2n) is 4.29. The molecule has 1 aromatic heterocycles. The molecule has 0 radical (unpaired) electrons. The molecule has 3 nitrogen and oxygen atoms in total. The topological polar surface area (TPSA) is 41.6 Å². The summed E-state index contributed by atoms with van der Waals surface area (Å²) in [6, 6.07) is 2.12. The first-order valence-corrected chi connectivity index (χ1v) is 7.10. The molecule has 1 atom stereocenters. The van der Waals surface area contributed by atoms with E-state index in [-0.39, 0.29) is 6.04 Å². The molecule has 1 aromatic rings. The minimum atomic E-state index is -0.159. The lowest BCUT2D eigenvalue weighted by Crippen LogP contribution is -2.07. The molecule has 0 aliphatic carbocycles. The first-order valence-electron chi connectivity index (χ1n) is 6.30. The second kappa shape index (κ2) is 6.80. The predicted molar refractivity (Wildman–Crippen MR) is 72.9 cm³/mol. The van der Waals surface area contributed by atoms with Crippen molar-refractivity contribution >= 4 is 15.9 Å². The van der Waals surface area contributed by atoms with Gasteiger partial charge >= 0.3 is 0 Å². The van der Waals surface area contributed by atoms with Gasteiger partial charge in [0.25, 0.3) is 0 Å². The number of aryl methyl sites for hydroxylation is 2. The largest absolute Gasteiger partial charge is 0.306 e. The van der Waals surface area contributed by atoms with Crippen LogP contribution in [-0.2, 0) is 12.8 Å². The molecule has 4 heteroatoms. The summed E-state index contributed by atoms with van der Waals surface area (Å²) in [7, 11) is 0. The van der Waals surface area contributed by atoms with E-state index in [1.807, 2.05) is 11.5 Å². The summed E-state index contributed by atoms with van der Waals surface area (Å²) >= 11 is 3.59. The molecule has 0 fully saturated rings. The quantitative estimate of drug-likeness (QED) is 0.795. The fourth-order valence-electron chi connectivity index (χ4n) is 1.86. The molecule has 94 valence electrons. The van der Waals surface area contributed by atoms with E-state index >= 15 is 0 Å². The Labute approximate surface area is 112 Å². The van der Waals surface area contributed by atoms with Crippen LogP contribution >= 0.6 is 15.9 Å². The van der Waals surface area contributed by atoms with Gasteiger partial charge < -0.3 is 4.57 Å². The lowest BCUT2D eigenvalue weighted by atomic mass is 10.2. The molecule has 0 spiro atoms. The van der Waals surface area contributed by atoms with Crippen molar-refractivity contribution in [2.45, 2.75) is 58.9 Å². The third-order valence-corrected chi connectivity index (χ3v) is 3.65. The third-order valence-electron chi connectivity index (χ3n) is 2.81. The van der Waals surface area contributed by atoms with E-state index in [2.05, 4.69) is 40.8 Å². The van der Waals surface area contributed by atoms with E-state index in [0.29, 0.717) is 0 Å². The monoisotopic (exact) mass is 297 g/mol. The van der Waals surface area contributed by atoms with E-state index in [1.165, 1.54) is 0 Å². The minimum absolute atomic E-state index is 0.159. The molecule has 0 amide bonds. The van der Waals surface area contributed by atoms with Crippen LogP contribution in [-0.4, -0.2) is 9.55 Å². The normalized spacial score (nSPS) is 12.4. The first-order chi connectivity index (χ1) is 8.15. The van der Waals surface area contributed by atoms with Crippen molar-refractivity contribution in [3.05, 3.63) is 16.1 Å². The Balaban J connectivity index is 3.07. The van der Waals surface area contributed by atoms with E-state index in [1.54, 1.807) is 0 Å². The highest BCUT2D eigenvalue weighted by Crippen LogP contribution is 2.25. The SMILES string of the molecule is CCCCc1nc(CCC)n(C(C)C#N)c1Br. The van der Waals surface area contributed by atoms with Crippen molar-refractivity contribution in [3.63, 3.8) is 0 Å². The predicted octanol–water partition coefficient (Wildman–Crippen LogP) is 4.03. The Morgan fingerprint density at radius 2 is 2.06 bits per heavy atom. The summed E-state index contributed by atoms with van der Waals surface area (Å²) in [5.41, 5.74) is 1.09. The van der Waals surface area contributed by atoms with Gasteiger partial charge in [-0.1, -0.05) is 20.3 Å². The van der Waals surface area contributed by atoms with Crippen molar-refractivity contribution < 1.29 is 0 Å². The van der Waals surface area contributed by atoms with Gasteiger partial charge in [-0.25, -0.2) is 4.98 Å². The van der Waals surface area contributed by atoms with E-state index in [4.69, 9.17) is 5.26 Å². The van der Waals surface area contributed by atoms with Crippen molar-refractivity contribution in [1.82, 2.24) is 9.55 Å². The summed E-state index contributed by atoms with van der Waals surface area (Å²) < 4.78 is 3.01. The van der Waals surface area contributed by atoms with Gasteiger partial charge in [0.2, 0.25) is 0 Å². The lowest BCUT2D eigenvalue weighted by Gasteiger charge is -2.10. The van der Waals surface area contributed by atoms with E-state index in [0.717, 1.165) is 48.2 Å². The molecule has 1 rings (SSSR count). The highest BCUT2D eigenvalue weighted by atomic mass is 79.9. The van der Waals surface area contributed by atoms with Crippen LogP contribution in [0.5, 0.6) is 0 Å². The fourth-order valence-corrected chi connectivity index (χ4v) is 2.66. The van der Waals surface area contributed by atoms with Gasteiger partial charge in [0.1, 0.15) is 16.5 Å². The average Bonchev–Trinajstić information content (AvgIpc) is 2.63. The van der Waals surface area contributed by atoms with Gasteiger partial charge in [-0.3, -0.25) is 0 Å². The van der Waals surface area contributed by atoms with Gasteiger partial charge in [0.05, 0.1) is 11.8 Å². The number of unbranched alkanes of at least 4 members (excludes halogenated alkanes) is 1. The highest BCUT2D eigenvalue weighted by molar-refractivity contribution is 9.10.